The maximum Gasteiger partial charge on any atom is 0.264 e. The molecule has 2 aromatic carbocycles. The van der Waals surface area contributed by atoms with Crippen LogP contribution in [0.5, 0.6) is 11.5 Å². The minimum Gasteiger partial charge on any atom is -0.497 e. The first-order valence-corrected chi connectivity index (χ1v) is 9.44. The number of amides is 1. The fourth-order valence-electron chi connectivity index (χ4n) is 2.70. The molecule has 5 nitrogen and oxygen atoms in total. The predicted octanol–water partition coefficient (Wildman–Crippen LogP) is 4.76. The molecular formula is C21H22N2O3S. The molecule has 3 aromatic rings. The third-order valence-electron chi connectivity index (χ3n) is 4.24. The van der Waals surface area contributed by atoms with Crippen LogP contribution in [-0.2, 0) is 4.79 Å². The summed E-state index contributed by atoms with van der Waals surface area (Å²) in [7, 11) is 1.63. The molecule has 0 radical (unpaired) electrons. The summed E-state index contributed by atoms with van der Waals surface area (Å²) in [6.45, 7) is 5.97. The van der Waals surface area contributed by atoms with Gasteiger partial charge in [0.05, 0.1) is 12.8 Å². The van der Waals surface area contributed by atoms with Gasteiger partial charge >= 0.3 is 0 Å². The normalized spacial score (nSPS) is 10.5. The molecule has 140 valence electrons. The number of thiazole rings is 1. The van der Waals surface area contributed by atoms with E-state index >= 15 is 0 Å². The zero-order valence-corrected chi connectivity index (χ0v) is 16.6. The van der Waals surface area contributed by atoms with Crippen molar-refractivity contribution < 1.29 is 14.3 Å². The molecule has 6 heteroatoms. The summed E-state index contributed by atoms with van der Waals surface area (Å²) in [4.78, 5) is 16.7. The SMILES string of the molecule is COc1cccc(-c2csc(NC(=O)COc3cc(C)cc(C)c3C)n2)c1. The van der Waals surface area contributed by atoms with E-state index in [4.69, 9.17) is 9.47 Å². The van der Waals surface area contributed by atoms with Gasteiger partial charge in [-0.15, -0.1) is 11.3 Å². The van der Waals surface area contributed by atoms with E-state index in [1.54, 1.807) is 7.11 Å². The smallest absolute Gasteiger partial charge is 0.264 e. The summed E-state index contributed by atoms with van der Waals surface area (Å²) in [6, 6.07) is 11.7. The van der Waals surface area contributed by atoms with Crippen LogP contribution in [0.4, 0.5) is 5.13 Å². The Morgan fingerprint density at radius 3 is 2.78 bits per heavy atom. The topological polar surface area (TPSA) is 60.5 Å². The number of methoxy groups -OCH3 is 1. The third-order valence-corrected chi connectivity index (χ3v) is 5.00. The molecule has 0 atom stereocenters. The molecule has 27 heavy (non-hydrogen) atoms. The summed E-state index contributed by atoms with van der Waals surface area (Å²) < 4.78 is 10.9. The summed E-state index contributed by atoms with van der Waals surface area (Å²) in [5, 5.41) is 5.23. The second kappa shape index (κ2) is 8.22. The Hall–Kier alpha value is -2.86. The van der Waals surface area contributed by atoms with Gasteiger partial charge in [-0.1, -0.05) is 18.2 Å². The van der Waals surface area contributed by atoms with E-state index < -0.39 is 0 Å². The molecule has 0 saturated carbocycles. The van der Waals surface area contributed by atoms with E-state index in [2.05, 4.69) is 16.4 Å². The lowest BCUT2D eigenvalue weighted by molar-refractivity contribution is -0.118. The second-order valence-corrected chi connectivity index (χ2v) is 7.17. The van der Waals surface area contributed by atoms with Gasteiger partial charge in [0.2, 0.25) is 0 Å². The van der Waals surface area contributed by atoms with Crippen LogP contribution in [0.15, 0.2) is 41.8 Å². The highest BCUT2D eigenvalue weighted by atomic mass is 32.1. The third kappa shape index (κ3) is 4.65. The highest BCUT2D eigenvalue weighted by Gasteiger charge is 2.11. The number of aromatic nitrogens is 1. The lowest BCUT2D eigenvalue weighted by Gasteiger charge is -2.11. The van der Waals surface area contributed by atoms with Gasteiger partial charge < -0.3 is 9.47 Å². The van der Waals surface area contributed by atoms with Crippen molar-refractivity contribution >= 4 is 22.4 Å². The standard InChI is InChI=1S/C21H22N2O3S/c1-13-8-14(2)15(3)19(9-13)26-11-20(24)23-21-22-18(12-27-21)16-6-5-7-17(10-16)25-4/h5-10,12H,11H2,1-4H3,(H,22,23,24). The molecule has 3 rings (SSSR count). The van der Waals surface area contributed by atoms with Crippen molar-refractivity contribution in [2.45, 2.75) is 20.8 Å². The average Bonchev–Trinajstić information content (AvgIpc) is 3.12. The Labute approximate surface area is 163 Å². The number of benzene rings is 2. The molecule has 1 aromatic heterocycles. The van der Waals surface area contributed by atoms with Crippen LogP contribution < -0.4 is 14.8 Å². The fraction of sp³-hybridized carbons (Fsp3) is 0.238. The van der Waals surface area contributed by atoms with E-state index in [1.165, 1.54) is 11.3 Å². The summed E-state index contributed by atoms with van der Waals surface area (Å²) in [5.41, 5.74) is 5.03. The van der Waals surface area contributed by atoms with Gasteiger partial charge in [0, 0.05) is 10.9 Å². The summed E-state index contributed by atoms with van der Waals surface area (Å²) >= 11 is 1.38. The maximum absolute atomic E-state index is 12.2. The van der Waals surface area contributed by atoms with Crippen LogP contribution in [0.1, 0.15) is 16.7 Å². The van der Waals surface area contributed by atoms with Crippen molar-refractivity contribution in [1.82, 2.24) is 4.98 Å². The lowest BCUT2D eigenvalue weighted by Crippen LogP contribution is -2.20. The Morgan fingerprint density at radius 1 is 1.19 bits per heavy atom. The van der Waals surface area contributed by atoms with Gasteiger partial charge in [0.25, 0.3) is 5.91 Å². The molecule has 0 fully saturated rings. The highest BCUT2D eigenvalue weighted by molar-refractivity contribution is 7.14. The molecule has 0 aliphatic heterocycles. The number of hydrogen-bond acceptors (Lipinski definition) is 5. The Balaban J connectivity index is 1.63. The second-order valence-electron chi connectivity index (χ2n) is 6.31. The van der Waals surface area contributed by atoms with Crippen molar-refractivity contribution in [2.24, 2.45) is 0 Å². The number of rotatable bonds is 6. The Kier molecular flexibility index (Phi) is 5.76. The molecule has 0 spiro atoms. The highest BCUT2D eigenvalue weighted by Crippen LogP contribution is 2.27. The van der Waals surface area contributed by atoms with Crippen LogP contribution in [-0.4, -0.2) is 24.6 Å². The first-order chi connectivity index (χ1) is 13.0. The van der Waals surface area contributed by atoms with Crippen molar-refractivity contribution in [3.8, 4) is 22.8 Å². The van der Waals surface area contributed by atoms with E-state index in [1.807, 2.05) is 56.5 Å². The quantitative estimate of drug-likeness (QED) is 0.668. The van der Waals surface area contributed by atoms with Crippen LogP contribution in [0.2, 0.25) is 0 Å². The maximum atomic E-state index is 12.2. The molecule has 0 aliphatic rings. The fourth-order valence-corrected chi connectivity index (χ4v) is 3.43. The van der Waals surface area contributed by atoms with E-state index in [0.717, 1.165) is 39.4 Å². The van der Waals surface area contributed by atoms with Crippen molar-refractivity contribution in [1.29, 1.82) is 0 Å². The number of anilines is 1. The van der Waals surface area contributed by atoms with E-state index in [0.29, 0.717) is 5.13 Å². The Morgan fingerprint density at radius 2 is 2.00 bits per heavy atom. The summed E-state index contributed by atoms with van der Waals surface area (Å²) in [5.74, 6) is 1.27. The van der Waals surface area contributed by atoms with E-state index in [9.17, 15) is 4.79 Å². The van der Waals surface area contributed by atoms with Crippen molar-refractivity contribution in [3.63, 3.8) is 0 Å². The number of ether oxygens (including phenoxy) is 2. The van der Waals surface area contributed by atoms with Gasteiger partial charge in [-0.05, 0) is 55.7 Å². The minimum absolute atomic E-state index is 0.0577. The number of carbonyl (C=O) groups excluding carboxylic acids is 1. The summed E-state index contributed by atoms with van der Waals surface area (Å²) in [6.07, 6.45) is 0. The van der Waals surface area contributed by atoms with Crippen LogP contribution in [0.25, 0.3) is 11.3 Å². The van der Waals surface area contributed by atoms with Gasteiger partial charge in [-0.25, -0.2) is 4.98 Å². The number of nitrogens with one attached hydrogen (secondary N) is 1. The van der Waals surface area contributed by atoms with Crippen LogP contribution in [0.3, 0.4) is 0 Å². The van der Waals surface area contributed by atoms with Gasteiger partial charge in [0.1, 0.15) is 11.5 Å². The number of hydrogen-bond donors (Lipinski definition) is 1. The monoisotopic (exact) mass is 382 g/mol. The van der Waals surface area contributed by atoms with Crippen molar-refractivity contribution in [2.75, 3.05) is 19.0 Å². The Bertz CT molecular complexity index is 966. The number of carbonyl (C=O) groups is 1. The lowest BCUT2D eigenvalue weighted by atomic mass is 10.1. The molecular weight excluding hydrogens is 360 g/mol. The molecule has 0 unspecified atom stereocenters. The van der Waals surface area contributed by atoms with Gasteiger partial charge in [-0.3, -0.25) is 10.1 Å². The molecule has 1 amide bonds. The largest absolute Gasteiger partial charge is 0.497 e. The van der Waals surface area contributed by atoms with Gasteiger partial charge in [-0.2, -0.15) is 0 Å². The predicted molar refractivity (Wildman–Crippen MR) is 109 cm³/mol. The van der Waals surface area contributed by atoms with Crippen molar-refractivity contribution in [3.05, 3.63) is 58.5 Å². The first-order valence-electron chi connectivity index (χ1n) is 8.56. The molecule has 0 saturated heterocycles. The minimum atomic E-state index is -0.236. The average molecular weight is 382 g/mol. The van der Waals surface area contributed by atoms with Crippen LogP contribution in [0, 0.1) is 20.8 Å². The van der Waals surface area contributed by atoms with E-state index in [-0.39, 0.29) is 12.5 Å². The van der Waals surface area contributed by atoms with Crippen LogP contribution >= 0.6 is 11.3 Å². The molecule has 0 aliphatic carbocycles. The first kappa shape index (κ1) is 18.9. The molecule has 1 heterocycles. The number of nitrogens with zero attached hydrogens (tertiary/aromatic N) is 1. The zero-order valence-electron chi connectivity index (χ0n) is 15.8. The zero-order chi connectivity index (χ0) is 19.4. The molecule has 1 N–H and O–H groups in total. The van der Waals surface area contributed by atoms with Gasteiger partial charge in [0.15, 0.2) is 11.7 Å². The number of aryl methyl sites for hydroxylation is 2. The molecule has 0 bridgehead atoms.